The summed E-state index contributed by atoms with van der Waals surface area (Å²) in [6, 6.07) is 12.4. The molecule has 0 heterocycles. The number of carboxylic acids is 1. The van der Waals surface area contributed by atoms with Crippen LogP contribution in [-0.4, -0.2) is 25.2 Å². The highest BCUT2D eigenvalue weighted by molar-refractivity contribution is 9.10. The van der Waals surface area contributed by atoms with Gasteiger partial charge in [-0.25, -0.2) is 4.79 Å². The summed E-state index contributed by atoms with van der Waals surface area (Å²) >= 11 is 3.44. The lowest BCUT2D eigenvalue weighted by Gasteiger charge is -2.22. The number of halogens is 1. The van der Waals surface area contributed by atoms with Crippen LogP contribution in [0.5, 0.6) is 5.75 Å². The highest BCUT2D eigenvalue weighted by Crippen LogP contribution is 2.34. The topological polar surface area (TPSA) is 49.8 Å². The first-order chi connectivity index (χ1) is 9.52. The van der Waals surface area contributed by atoms with Crippen LogP contribution in [0.1, 0.15) is 10.4 Å². The Kier molecular flexibility index (Phi) is 4.29. The van der Waals surface area contributed by atoms with Gasteiger partial charge in [-0.05, 0) is 42.5 Å². The molecule has 0 aliphatic heterocycles. The number of benzene rings is 2. The Hall–Kier alpha value is -2.01. The van der Waals surface area contributed by atoms with Gasteiger partial charge < -0.3 is 14.7 Å². The molecule has 0 unspecified atom stereocenters. The van der Waals surface area contributed by atoms with E-state index < -0.39 is 5.97 Å². The molecule has 104 valence electrons. The maximum Gasteiger partial charge on any atom is 0.335 e. The van der Waals surface area contributed by atoms with E-state index in [0.717, 1.165) is 21.6 Å². The fraction of sp³-hybridized carbons (Fsp3) is 0.133. The largest absolute Gasteiger partial charge is 0.495 e. The van der Waals surface area contributed by atoms with E-state index in [4.69, 9.17) is 9.84 Å². The molecule has 0 fully saturated rings. The molecule has 1 N–H and O–H groups in total. The average molecular weight is 336 g/mol. The van der Waals surface area contributed by atoms with Crippen LogP contribution in [0.2, 0.25) is 0 Å². The second-order valence-corrected chi connectivity index (χ2v) is 5.14. The number of methoxy groups -OCH3 is 1. The zero-order valence-electron chi connectivity index (χ0n) is 11.1. The summed E-state index contributed by atoms with van der Waals surface area (Å²) in [6.07, 6.45) is 0. The summed E-state index contributed by atoms with van der Waals surface area (Å²) in [5, 5.41) is 8.91. The van der Waals surface area contributed by atoms with Crippen molar-refractivity contribution < 1.29 is 14.6 Å². The molecule has 2 aromatic carbocycles. The molecular formula is C15H14BrNO3. The Bertz CT molecular complexity index is 626. The first-order valence-corrected chi connectivity index (χ1v) is 6.73. The van der Waals surface area contributed by atoms with Gasteiger partial charge in [0.15, 0.2) is 0 Å². The number of ether oxygens (including phenoxy) is 1. The molecular weight excluding hydrogens is 322 g/mol. The van der Waals surface area contributed by atoms with Gasteiger partial charge >= 0.3 is 5.97 Å². The Morgan fingerprint density at radius 1 is 1.20 bits per heavy atom. The highest BCUT2D eigenvalue weighted by atomic mass is 79.9. The monoisotopic (exact) mass is 335 g/mol. The SMILES string of the molecule is COc1ccc(Br)cc1N(C)c1ccc(C(=O)O)cc1. The first kappa shape index (κ1) is 14.4. The van der Waals surface area contributed by atoms with Crippen molar-refractivity contribution in [3.63, 3.8) is 0 Å². The van der Waals surface area contributed by atoms with Crippen LogP contribution in [0.25, 0.3) is 0 Å². The van der Waals surface area contributed by atoms with Crippen LogP contribution >= 0.6 is 15.9 Å². The van der Waals surface area contributed by atoms with E-state index >= 15 is 0 Å². The molecule has 4 nitrogen and oxygen atoms in total. The number of anilines is 2. The van der Waals surface area contributed by atoms with Gasteiger partial charge in [-0.3, -0.25) is 0 Å². The minimum atomic E-state index is -0.931. The summed E-state index contributed by atoms with van der Waals surface area (Å²) in [6.45, 7) is 0. The first-order valence-electron chi connectivity index (χ1n) is 5.93. The van der Waals surface area contributed by atoms with Gasteiger partial charge in [0.1, 0.15) is 5.75 Å². The van der Waals surface area contributed by atoms with E-state index in [9.17, 15) is 4.79 Å². The van der Waals surface area contributed by atoms with E-state index in [-0.39, 0.29) is 5.56 Å². The van der Waals surface area contributed by atoms with Crippen molar-refractivity contribution in [1.29, 1.82) is 0 Å². The number of carbonyl (C=O) groups is 1. The molecule has 0 aliphatic carbocycles. The predicted molar refractivity (Wildman–Crippen MR) is 82.2 cm³/mol. The average Bonchev–Trinajstić information content (AvgIpc) is 2.46. The van der Waals surface area contributed by atoms with Crippen molar-refractivity contribution in [3.05, 3.63) is 52.5 Å². The van der Waals surface area contributed by atoms with Crippen molar-refractivity contribution in [3.8, 4) is 5.75 Å². The number of nitrogens with zero attached hydrogens (tertiary/aromatic N) is 1. The molecule has 0 spiro atoms. The van der Waals surface area contributed by atoms with Crippen LogP contribution in [0, 0.1) is 0 Å². The van der Waals surface area contributed by atoms with Crippen LogP contribution in [-0.2, 0) is 0 Å². The third-order valence-corrected chi connectivity index (χ3v) is 3.50. The third kappa shape index (κ3) is 2.93. The van der Waals surface area contributed by atoms with Crippen molar-refractivity contribution in [2.75, 3.05) is 19.1 Å². The van der Waals surface area contributed by atoms with Crippen LogP contribution < -0.4 is 9.64 Å². The molecule has 2 aromatic rings. The van der Waals surface area contributed by atoms with Gasteiger partial charge in [-0.1, -0.05) is 15.9 Å². The number of carboxylic acid groups (broad SMARTS) is 1. The van der Waals surface area contributed by atoms with Crippen molar-refractivity contribution >= 4 is 33.3 Å². The normalized spacial score (nSPS) is 10.2. The van der Waals surface area contributed by atoms with E-state index in [1.54, 1.807) is 31.4 Å². The van der Waals surface area contributed by atoms with Crippen molar-refractivity contribution in [1.82, 2.24) is 0 Å². The molecule has 0 saturated carbocycles. The van der Waals surface area contributed by atoms with Crippen LogP contribution in [0.15, 0.2) is 46.9 Å². The summed E-state index contributed by atoms with van der Waals surface area (Å²) in [5.74, 6) is -0.183. The fourth-order valence-corrected chi connectivity index (χ4v) is 2.24. The second kappa shape index (κ2) is 5.96. The number of hydrogen-bond donors (Lipinski definition) is 1. The van der Waals surface area contributed by atoms with Crippen molar-refractivity contribution in [2.45, 2.75) is 0 Å². The molecule has 0 aromatic heterocycles. The Morgan fingerprint density at radius 3 is 2.40 bits per heavy atom. The smallest absolute Gasteiger partial charge is 0.335 e. The lowest BCUT2D eigenvalue weighted by atomic mass is 10.2. The number of rotatable bonds is 4. The summed E-state index contributed by atoms with van der Waals surface area (Å²) < 4.78 is 6.29. The molecule has 0 saturated heterocycles. The maximum atomic E-state index is 10.9. The van der Waals surface area contributed by atoms with E-state index in [1.165, 1.54) is 0 Å². The minimum Gasteiger partial charge on any atom is -0.495 e. The Morgan fingerprint density at radius 2 is 1.85 bits per heavy atom. The van der Waals surface area contributed by atoms with Gasteiger partial charge in [0.2, 0.25) is 0 Å². The van der Waals surface area contributed by atoms with E-state index in [1.807, 2.05) is 30.1 Å². The summed E-state index contributed by atoms with van der Waals surface area (Å²) in [5.41, 5.74) is 2.04. The van der Waals surface area contributed by atoms with Gasteiger partial charge in [-0.2, -0.15) is 0 Å². The zero-order valence-corrected chi connectivity index (χ0v) is 12.7. The summed E-state index contributed by atoms with van der Waals surface area (Å²) in [4.78, 5) is 12.8. The molecule has 2 rings (SSSR count). The minimum absolute atomic E-state index is 0.267. The molecule has 0 amide bonds. The highest BCUT2D eigenvalue weighted by Gasteiger charge is 2.11. The predicted octanol–water partition coefficient (Wildman–Crippen LogP) is 3.92. The molecule has 0 atom stereocenters. The third-order valence-electron chi connectivity index (χ3n) is 3.00. The van der Waals surface area contributed by atoms with Gasteiger partial charge in [0, 0.05) is 17.2 Å². The molecule has 5 heteroatoms. The van der Waals surface area contributed by atoms with Gasteiger partial charge in [0.05, 0.1) is 18.4 Å². The second-order valence-electron chi connectivity index (χ2n) is 4.23. The Labute approximate surface area is 125 Å². The number of aromatic carboxylic acids is 1. The number of hydrogen-bond acceptors (Lipinski definition) is 3. The van der Waals surface area contributed by atoms with Gasteiger partial charge in [-0.15, -0.1) is 0 Å². The molecule has 20 heavy (non-hydrogen) atoms. The molecule has 0 radical (unpaired) electrons. The van der Waals surface area contributed by atoms with Crippen LogP contribution in [0.4, 0.5) is 11.4 Å². The van der Waals surface area contributed by atoms with Crippen LogP contribution in [0.3, 0.4) is 0 Å². The maximum absolute atomic E-state index is 10.9. The Balaban J connectivity index is 2.37. The lowest BCUT2D eigenvalue weighted by Crippen LogP contribution is -2.11. The van der Waals surface area contributed by atoms with E-state index in [0.29, 0.717) is 0 Å². The standard InChI is InChI=1S/C15H14BrNO3/c1-17(12-6-3-10(4-7-12)15(18)19)13-9-11(16)5-8-14(13)20-2/h3-9H,1-2H3,(H,18,19). The lowest BCUT2D eigenvalue weighted by molar-refractivity contribution is 0.0697. The summed E-state index contributed by atoms with van der Waals surface area (Å²) in [7, 11) is 3.52. The van der Waals surface area contributed by atoms with Crippen molar-refractivity contribution in [2.24, 2.45) is 0 Å². The molecule has 0 aliphatic rings. The van der Waals surface area contributed by atoms with E-state index in [2.05, 4.69) is 15.9 Å². The fourth-order valence-electron chi connectivity index (χ4n) is 1.89. The molecule has 0 bridgehead atoms. The quantitative estimate of drug-likeness (QED) is 0.919. The zero-order chi connectivity index (χ0) is 14.7. The van der Waals surface area contributed by atoms with Gasteiger partial charge in [0.25, 0.3) is 0 Å².